The van der Waals surface area contributed by atoms with Crippen LogP contribution in [0.4, 0.5) is 0 Å². The maximum Gasteiger partial charge on any atom is 0.244 e. The van der Waals surface area contributed by atoms with Crippen LogP contribution in [0.5, 0.6) is 11.5 Å². The number of rotatable bonds is 7. The summed E-state index contributed by atoms with van der Waals surface area (Å²) < 4.78 is 40.0. The molecule has 0 aliphatic carbocycles. The highest BCUT2D eigenvalue weighted by molar-refractivity contribution is 7.89. The lowest BCUT2D eigenvalue weighted by Crippen LogP contribution is -2.24. The summed E-state index contributed by atoms with van der Waals surface area (Å²) in [6.07, 6.45) is 0. The molecule has 132 valence electrons. The lowest BCUT2D eigenvalue weighted by Gasteiger charge is -2.12. The third-order valence-corrected chi connectivity index (χ3v) is 5.37. The summed E-state index contributed by atoms with van der Waals surface area (Å²) in [4.78, 5) is 0.0731. The zero-order chi connectivity index (χ0) is 17.9. The highest BCUT2D eigenvalue weighted by Gasteiger charge is 2.21. The number of ether oxygens (including phenoxy) is 2. The van der Waals surface area contributed by atoms with Crippen molar-refractivity contribution in [2.24, 2.45) is 0 Å². The third-order valence-electron chi connectivity index (χ3n) is 3.93. The van der Waals surface area contributed by atoms with Crippen molar-refractivity contribution in [2.75, 3.05) is 14.2 Å². The number of aromatic nitrogens is 2. The molecule has 0 radical (unpaired) electrons. The second kappa shape index (κ2) is 7.23. The minimum atomic E-state index is -3.72. The maximum atomic E-state index is 12.6. The summed E-state index contributed by atoms with van der Waals surface area (Å²) >= 11 is 0. The number of methoxy groups -OCH3 is 2. The predicted octanol–water partition coefficient (Wildman–Crippen LogP) is 2.02. The van der Waals surface area contributed by atoms with Crippen molar-refractivity contribution in [3.05, 3.63) is 35.2 Å². The molecule has 0 atom stereocenters. The number of nitrogens with one attached hydrogen (secondary N) is 1. The molecule has 0 aliphatic rings. The van der Waals surface area contributed by atoms with Crippen LogP contribution in [0.2, 0.25) is 0 Å². The fourth-order valence-electron chi connectivity index (χ4n) is 2.54. The van der Waals surface area contributed by atoms with Gasteiger partial charge in [0.1, 0.15) is 16.4 Å². The molecule has 0 saturated heterocycles. The number of nitrogens with zero attached hydrogens (tertiary/aromatic N) is 2. The minimum absolute atomic E-state index is 0.0731. The summed E-state index contributed by atoms with van der Waals surface area (Å²) in [6.45, 7) is 6.72. The zero-order valence-corrected chi connectivity index (χ0v) is 15.4. The molecule has 24 heavy (non-hydrogen) atoms. The predicted molar refractivity (Wildman–Crippen MR) is 90.9 cm³/mol. The van der Waals surface area contributed by atoms with E-state index in [0.717, 1.165) is 23.5 Å². The molecule has 0 amide bonds. The fourth-order valence-corrected chi connectivity index (χ4v) is 3.68. The molecule has 1 aromatic heterocycles. The van der Waals surface area contributed by atoms with Gasteiger partial charge in [0.25, 0.3) is 0 Å². The fraction of sp³-hybridized carbons (Fsp3) is 0.438. The molecule has 1 aromatic carbocycles. The standard InChI is InChI=1S/C16H23N3O4S/c1-6-19-12(3)14(11(2)18-19)10-17-24(20,21)16-8-7-13(22-4)9-15(16)23-5/h7-9,17H,6,10H2,1-5H3. The molecule has 0 spiro atoms. The second-order valence-electron chi connectivity index (χ2n) is 5.31. The first kappa shape index (κ1) is 18.3. The Morgan fingerprint density at radius 3 is 2.46 bits per heavy atom. The van der Waals surface area contributed by atoms with E-state index in [2.05, 4.69) is 9.82 Å². The Balaban J connectivity index is 2.28. The van der Waals surface area contributed by atoms with Crippen molar-refractivity contribution in [1.29, 1.82) is 0 Å². The van der Waals surface area contributed by atoms with Crippen LogP contribution in [0, 0.1) is 13.8 Å². The van der Waals surface area contributed by atoms with Crippen molar-refractivity contribution in [2.45, 2.75) is 38.8 Å². The molecule has 0 saturated carbocycles. The van der Waals surface area contributed by atoms with Crippen molar-refractivity contribution in [3.8, 4) is 11.5 Å². The van der Waals surface area contributed by atoms with Gasteiger partial charge in [-0.3, -0.25) is 4.68 Å². The molecule has 0 bridgehead atoms. The van der Waals surface area contributed by atoms with Crippen LogP contribution >= 0.6 is 0 Å². The van der Waals surface area contributed by atoms with Crippen LogP contribution in [-0.4, -0.2) is 32.4 Å². The van der Waals surface area contributed by atoms with E-state index < -0.39 is 10.0 Å². The smallest absolute Gasteiger partial charge is 0.244 e. The zero-order valence-electron chi connectivity index (χ0n) is 14.6. The van der Waals surface area contributed by atoms with Gasteiger partial charge in [-0.15, -0.1) is 0 Å². The second-order valence-corrected chi connectivity index (χ2v) is 7.04. The Bertz CT molecular complexity index is 828. The lowest BCUT2D eigenvalue weighted by molar-refractivity contribution is 0.386. The Hall–Kier alpha value is -2.06. The van der Waals surface area contributed by atoms with Crippen LogP contribution in [0.3, 0.4) is 0 Å². The Morgan fingerprint density at radius 2 is 1.92 bits per heavy atom. The van der Waals surface area contributed by atoms with Crippen molar-refractivity contribution in [3.63, 3.8) is 0 Å². The lowest BCUT2D eigenvalue weighted by atomic mass is 10.2. The molecule has 1 heterocycles. The molecule has 2 aromatic rings. The molecule has 1 N–H and O–H groups in total. The van der Waals surface area contributed by atoms with E-state index in [-0.39, 0.29) is 17.2 Å². The molecule has 0 fully saturated rings. The van der Waals surface area contributed by atoms with E-state index in [0.29, 0.717) is 5.75 Å². The van der Waals surface area contributed by atoms with E-state index in [1.807, 2.05) is 25.5 Å². The van der Waals surface area contributed by atoms with Gasteiger partial charge >= 0.3 is 0 Å². The topological polar surface area (TPSA) is 82.5 Å². The first-order chi connectivity index (χ1) is 11.3. The summed E-state index contributed by atoms with van der Waals surface area (Å²) in [5.74, 6) is 0.765. The highest BCUT2D eigenvalue weighted by atomic mass is 32.2. The van der Waals surface area contributed by atoms with Gasteiger partial charge < -0.3 is 9.47 Å². The van der Waals surface area contributed by atoms with Crippen LogP contribution in [0.1, 0.15) is 23.9 Å². The van der Waals surface area contributed by atoms with Gasteiger partial charge in [0.05, 0.1) is 19.9 Å². The van der Waals surface area contributed by atoms with Crippen molar-refractivity contribution >= 4 is 10.0 Å². The number of aryl methyl sites for hydroxylation is 2. The minimum Gasteiger partial charge on any atom is -0.497 e. The van der Waals surface area contributed by atoms with E-state index in [1.54, 1.807) is 12.1 Å². The molecule has 0 aliphatic heterocycles. The van der Waals surface area contributed by atoms with E-state index >= 15 is 0 Å². The normalized spacial score (nSPS) is 11.5. The van der Waals surface area contributed by atoms with Gasteiger partial charge in [0.2, 0.25) is 10.0 Å². The van der Waals surface area contributed by atoms with E-state index in [1.165, 1.54) is 20.3 Å². The van der Waals surface area contributed by atoms with Crippen LogP contribution < -0.4 is 14.2 Å². The molecule has 0 unspecified atom stereocenters. The van der Waals surface area contributed by atoms with Crippen LogP contribution in [0.25, 0.3) is 0 Å². The summed E-state index contributed by atoms with van der Waals surface area (Å²) in [6, 6.07) is 4.60. The SMILES string of the molecule is CCn1nc(C)c(CNS(=O)(=O)c2ccc(OC)cc2OC)c1C. The summed E-state index contributed by atoms with van der Waals surface area (Å²) in [5, 5.41) is 4.40. The number of benzene rings is 1. The van der Waals surface area contributed by atoms with Crippen LogP contribution in [-0.2, 0) is 23.1 Å². The first-order valence-electron chi connectivity index (χ1n) is 7.58. The number of hydrogen-bond acceptors (Lipinski definition) is 5. The summed E-state index contributed by atoms with van der Waals surface area (Å²) in [7, 11) is -0.789. The van der Waals surface area contributed by atoms with Gasteiger partial charge in [0, 0.05) is 30.4 Å². The molecule has 7 nitrogen and oxygen atoms in total. The highest BCUT2D eigenvalue weighted by Crippen LogP contribution is 2.28. The third kappa shape index (κ3) is 3.54. The average Bonchev–Trinajstić information content (AvgIpc) is 2.85. The van der Waals surface area contributed by atoms with Gasteiger partial charge in [-0.25, -0.2) is 13.1 Å². The Labute approximate surface area is 142 Å². The van der Waals surface area contributed by atoms with Gasteiger partial charge in [-0.05, 0) is 32.9 Å². The molecular weight excluding hydrogens is 330 g/mol. The van der Waals surface area contributed by atoms with E-state index in [9.17, 15) is 8.42 Å². The molecule has 2 rings (SSSR count). The Morgan fingerprint density at radius 1 is 1.21 bits per heavy atom. The Kier molecular flexibility index (Phi) is 5.51. The van der Waals surface area contributed by atoms with Crippen molar-refractivity contribution < 1.29 is 17.9 Å². The average molecular weight is 353 g/mol. The largest absolute Gasteiger partial charge is 0.497 e. The molecule has 8 heteroatoms. The van der Waals surface area contributed by atoms with Gasteiger partial charge in [0.15, 0.2) is 0 Å². The monoisotopic (exact) mass is 353 g/mol. The maximum absolute atomic E-state index is 12.6. The van der Waals surface area contributed by atoms with Crippen molar-refractivity contribution in [1.82, 2.24) is 14.5 Å². The first-order valence-corrected chi connectivity index (χ1v) is 9.07. The number of sulfonamides is 1. The quantitative estimate of drug-likeness (QED) is 0.823. The van der Waals surface area contributed by atoms with Gasteiger partial charge in [-0.1, -0.05) is 0 Å². The summed E-state index contributed by atoms with van der Waals surface area (Å²) in [5.41, 5.74) is 2.66. The van der Waals surface area contributed by atoms with Gasteiger partial charge in [-0.2, -0.15) is 5.10 Å². The molecular formula is C16H23N3O4S. The van der Waals surface area contributed by atoms with Crippen LogP contribution in [0.15, 0.2) is 23.1 Å². The number of hydrogen-bond donors (Lipinski definition) is 1. The van der Waals surface area contributed by atoms with E-state index in [4.69, 9.17) is 9.47 Å².